The Labute approximate surface area is 259 Å². The second kappa shape index (κ2) is 14.4. The van der Waals surface area contributed by atoms with E-state index in [1.165, 1.54) is 23.1 Å². The lowest BCUT2D eigenvalue weighted by Gasteiger charge is -2.34. The molecular weight excluding hydrogens is 582 g/mol. The number of amides is 2. The molecule has 0 aliphatic heterocycles. The third-order valence-electron chi connectivity index (χ3n) is 7.21. The molecule has 0 saturated heterocycles. The highest BCUT2D eigenvalue weighted by Crippen LogP contribution is 2.27. The Morgan fingerprint density at radius 3 is 2.19 bits per heavy atom. The van der Waals surface area contributed by atoms with E-state index in [1.807, 2.05) is 75.4 Å². The summed E-state index contributed by atoms with van der Waals surface area (Å²) < 4.78 is 29.2. The second-order valence-corrected chi connectivity index (χ2v) is 12.7. The van der Waals surface area contributed by atoms with Gasteiger partial charge in [0.1, 0.15) is 12.6 Å². The van der Waals surface area contributed by atoms with E-state index in [4.69, 9.17) is 11.6 Å². The number of benzene rings is 4. The Bertz CT molecular complexity index is 1660. The topological polar surface area (TPSA) is 86.8 Å². The number of likely N-dealkylation sites (N-methyl/N-ethyl adjacent to an activating group) is 1. The van der Waals surface area contributed by atoms with Crippen LogP contribution in [0.5, 0.6) is 0 Å². The number of sulfonamides is 1. The molecule has 0 aliphatic rings. The summed E-state index contributed by atoms with van der Waals surface area (Å²) in [6.45, 7) is 5.59. The molecule has 0 fully saturated rings. The van der Waals surface area contributed by atoms with Crippen LogP contribution in [0, 0.1) is 13.8 Å². The molecule has 0 bridgehead atoms. The highest BCUT2D eigenvalue weighted by atomic mass is 35.5. The minimum atomic E-state index is -4.19. The molecule has 9 heteroatoms. The lowest BCUT2D eigenvalue weighted by Crippen LogP contribution is -2.53. The molecule has 0 aliphatic carbocycles. The SMILES string of the molecule is CCNC(=O)[C@H](Cc1ccccc1)N(Cc1ccccc1C)C(=O)CN(c1cccc(Cl)c1)S(=O)(=O)c1ccc(C)cc1. The molecule has 0 saturated carbocycles. The number of hydrogen-bond donors (Lipinski definition) is 1. The molecule has 0 radical (unpaired) electrons. The van der Waals surface area contributed by atoms with Crippen LogP contribution < -0.4 is 9.62 Å². The van der Waals surface area contributed by atoms with E-state index in [9.17, 15) is 18.0 Å². The first-order valence-corrected chi connectivity index (χ1v) is 15.9. The van der Waals surface area contributed by atoms with E-state index < -0.39 is 28.5 Å². The van der Waals surface area contributed by atoms with Gasteiger partial charge in [-0.25, -0.2) is 8.42 Å². The average Bonchev–Trinajstić information content (AvgIpc) is 2.99. The first kappa shape index (κ1) is 31.8. The van der Waals surface area contributed by atoms with Crippen molar-refractivity contribution in [1.29, 1.82) is 0 Å². The van der Waals surface area contributed by atoms with Crippen LogP contribution >= 0.6 is 11.6 Å². The van der Waals surface area contributed by atoms with Gasteiger partial charge in [-0.2, -0.15) is 0 Å². The molecule has 0 spiro atoms. The molecule has 224 valence electrons. The van der Waals surface area contributed by atoms with Crippen LogP contribution in [0.2, 0.25) is 5.02 Å². The number of halogens is 1. The number of nitrogens with one attached hydrogen (secondary N) is 1. The molecule has 1 N–H and O–H groups in total. The van der Waals surface area contributed by atoms with Crippen molar-refractivity contribution in [2.75, 3.05) is 17.4 Å². The van der Waals surface area contributed by atoms with E-state index in [0.717, 1.165) is 26.6 Å². The maximum absolute atomic E-state index is 14.4. The van der Waals surface area contributed by atoms with Gasteiger partial charge in [0, 0.05) is 24.5 Å². The molecule has 43 heavy (non-hydrogen) atoms. The van der Waals surface area contributed by atoms with Gasteiger partial charge in [-0.3, -0.25) is 13.9 Å². The molecular formula is C34H36ClN3O4S. The standard InChI is InChI=1S/C34H36ClN3O4S/c1-4-36-34(40)32(21-27-12-6-5-7-13-27)37(23-28-14-9-8-11-26(28)3)33(39)24-38(30-16-10-15-29(35)22-30)43(41,42)31-19-17-25(2)18-20-31/h5-20,22,32H,4,21,23-24H2,1-3H3,(H,36,40)/t32-/m0/s1. The fourth-order valence-corrected chi connectivity index (χ4v) is 6.41. The summed E-state index contributed by atoms with van der Waals surface area (Å²) in [5.41, 5.74) is 3.83. The van der Waals surface area contributed by atoms with Gasteiger partial charge in [-0.05, 0) is 67.8 Å². The van der Waals surface area contributed by atoms with Crippen molar-refractivity contribution >= 4 is 39.1 Å². The largest absolute Gasteiger partial charge is 0.355 e. The zero-order valence-corrected chi connectivity index (χ0v) is 26.1. The number of rotatable bonds is 12. The van der Waals surface area contributed by atoms with Crippen LogP contribution in [0.15, 0.2) is 108 Å². The highest BCUT2D eigenvalue weighted by molar-refractivity contribution is 7.92. The maximum atomic E-state index is 14.4. The van der Waals surface area contributed by atoms with Crippen molar-refractivity contribution in [3.05, 3.63) is 130 Å². The monoisotopic (exact) mass is 617 g/mol. The molecule has 2 amide bonds. The molecule has 7 nitrogen and oxygen atoms in total. The predicted molar refractivity (Wildman–Crippen MR) is 172 cm³/mol. The van der Waals surface area contributed by atoms with E-state index in [-0.39, 0.29) is 29.5 Å². The normalized spacial score (nSPS) is 11.9. The van der Waals surface area contributed by atoms with Gasteiger partial charge in [-0.15, -0.1) is 0 Å². The van der Waals surface area contributed by atoms with E-state index in [1.54, 1.807) is 30.3 Å². The van der Waals surface area contributed by atoms with Crippen LogP contribution in [0.4, 0.5) is 5.69 Å². The van der Waals surface area contributed by atoms with Crippen molar-refractivity contribution in [2.45, 2.75) is 44.7 Å². The fraction of sp³-hybridized carbons (Fsp3) is 0.235. The lowest BCUT2D eigenvalue weighted by molar-refractivity contribution is -0.140. The summed E-state index contributed by atoms with van der Waals surface area (Å²) in [6.07, 6.45) is 0.256. The van der Waals surface area contributed by atoms with E-state index in [2.05, 4.69) is 5.32 Å². The van der Waals surface area contributed by atoms with Crippen molar-refractivity contribution < 1.29 is 18.0 Å². The van der Waals surface area contributed by atoms with Crippen LogP contribution in [0.1, 0.15) is 29.2 Å². The van der Waals surface area contributed by atoms with Crippen molar-refractivity contribution in [2.24, 2.45) is 0 Å². The Morgan fingerprint density at radius 1 is 0.860 bits per heavy atom. The van der Waals surface area contributed by atoms with Crippen LogP contribution in [0.3, 0.4) is 0 Å². The first-order valence-electron chi connectivity index (χ1n) is 14.1. The van der Waals surface area contributed by atoms with Crippen LogP contribution in [-0.4, -0.2) is 44.3 Å². The predicted octanol–water partition coefficient (Wildman–Crippen LogP) is 5.93. The highest BCUT2D eigenvalue weighted by Gasteiger charge is 2.34. The quantitative estimate of drug-likeness (QED) is 0.214. The fourth-order valence-electron chi connectivity index (χ4n) is 4.81. The van der Waals surface area contributed by atoms with Crippen molar-refractivity contribution in [3.8, 4) is 0 Å². The molecule has 0 heterocycles. The first-order chi connectivity index (χ1) is 20.6. The molecule has 4 aromatic carbocycles. The van der Waals surface area contributed by atoms with Gasteiger partial charge in [-0.1, -0.05) is 90.0 Å². The summed E-state index contributed by atoms with van der Waals surface area (Å²) >= 11 is 6.28. The van der Waals surface area contributed by atoms with Gasteiger partial charge in [0.05, 0.1) is 10.6 Å². The third-order valence-corrected chi connectivity index (χ3v) is 9.23. The Balaban J connectivity index is 1.80. The number of carbonyl (C=O) groups excluding carboxylic acids is 2. The number of hydrogen-bond acceptors (Lipinski definition) is 4. The van der Waals surface area contributed by atoms with Crippen LogP contribution in [0.25, 0.3) is 0 Å². The molecule has 0 unspecified atom stereocenters. The summed E-state index contributed by atoms with van der Waals surface area (Å²) in [5.74, 6) is -0.838. The Kier molecular flexibility index (Phi) is 10.6. The molecule has 1 atom stereocenters. The third kappa shape index (κ3) is 8.03. The number of aryl methyl sites for hydroxylation is 2. The van der Waals surface area contributed by atoms with Gasteiger partial charge in [0.15, 0.2) is 0 Å². The maximum Gasteiger partial charge on any atom is 0.264 e. The zero-order chi connectivity index (χ0) is 31.0. The zero-order valence-electron chi connectivity index (χ0n) is 24.5. The van der Waals surface area contributed by atoms with Gasteiger partial charge in [0.25, 0.3) is 10.0 Å². The van der Waals surface area contributed by atoms with Gasteiger partial charge in [0.2, 0.25) is 11.8 Å². The summed E-state index contributed by atoms with van der Waals surface area (Å²) in [7, 11) is -4.19. The smallest absolute Gasteiger partial charge is 0.264 e. The minimum absolute atomic E-state index is 0.0425. The number of anilines is 1. The Morgan fingerprint density at radius 2 is 1.53 bits per heavy atom. The second-order valence-electron chi connectivity index (χ2n) is 10.4. The Hall–Kier alpha value is -4.14. The van der Waals surface area contributed by atoms with Gasteiger partial charge < -0.3 is 10.2 Å². The van der Waals surface area contributed by atoms with E-state index in [0.29, 0.717) is 11.6 Å². The molecule has 0 aromatic heterocycles. The minimum Gasteiger partial charge on any atom is -0.355 e. The van der Waals surface area contributed by atoms with Gasteiger partial charge >= 0.3 is 0 Å². The van der Waals surface area contributed by atoms with Crippen molar-refractivity contribution in [3.63, 3.8) is 0 Å². The summed E-state index contributed by atoms with van der Waals surface area (Å²) in [5, 5.41) is 3.20. The lowest BCUT2D eigenvalue weighted by atomic mass is 10.0. The summed E-state index contributed by atoms with van der Waals surface area (Å²) in [4.78, 5) is 29.5. The van der Waals surface area contributed by atoms with Crippen LogP contribution in [-0.2, 0) is 32.6 Å². The number of carbonyl (C=O) groups is 2. The molecule has 4 aromatic rings. The van der Waals surface area contributed by atoms with Crippen molar-refractivity contribution in [1.82, 2.24) is 10.2 Å². The molecule has 4 rings (SSSR count). The number of nitrogens with zero attached hydrogens (tertiary/aromatic N) is 2. The van der Waals surface area contributed by atoms with E-state index >= 15 is 0 Å². The summed E-state index contributed by atoms with van der Waals surface area (Å²) in [6, 6.07) is 29.0. The average molecular weight is 618 g/mol.